The van der Waals surface area contributed by atoms with E-state index in [1.54, 1.807) is 0 Å². The lowest BCUT2D eigenvalue weighted by atomic mass is 10.3. The average Bonchev–Trinajstić information content (AvgIpc) is 2.97. The smallest absolute Gasteiger partial charge is 0.0593 e. The first-order chi connectivity index (χ1) is 12.8. The molecule has 1 heterocycles. The number of allylic oxidation sites excluding steroid dienone is 1. The van der Waals surface area contributed by atoms with Gasteiger partial charge in [0.05, 0.1) is 6.61 Å². The van der Waals surface area contributed by atoms with Gasteiger partial charge in [-0.3, -0.25) is 4.90 Å². The van der Waals surface area contributed by atoms with Crippen LogP contribution in [0.2, 0.25) is 0 Å². The summed E-state index contributed by atoms with van der Waals surface area (Å²) >= 11 is 0. The van der Waals surface area contributed by atoms with E-state index in [0.717, 1.165) is 39.3 Å². The molecule has 0 amide bonds. The van der Waals surface area contributed by atoms with Crippen LogP contribution in [0, 0.1) is 0 Å². The van der Waals surface area contributed by atoms with E-state index in [1.165, 1.54) is 38.9 Å². The Morgan fingerprint density at radius 1 is 1.04 bits per heavy atom. The number of hydrogen-bond donors (Lipinski definition) is 0. The van der Waals surface area contributed by atoms with Crippen LogP contribution in [0.3, 0.4) is 0 Å². The molecule has 0 aromatic rings. The van der Waals surface area contributed by atoms with E-state index in [2.05, 4.69) is 49.3 Å². The molecule has 0 saturated carbocycles. The van der Waals surface area contributed by atoms with Gasteiger partial charge < -0.3 is 9.64 Å². The zero-order valence-corrected chi connectivity index (χ0v) is 19.2. The van der Waals surface area contributed by atoms with Crippen molar-refractivity contribution in [3.8, 4) is 0 Å². The highest BCUT2D eigenvalue weighted by Gasteiger charge is 2.05. The van der Waals surface area contributed by atoms with Gasteiger partial charge in [-0.1, -0.05) is 66.2 Å². The molecule has 0 atom stereocenters. The molecule has 3 heteroatoms. The fourth-order valence-corrected chi connectivity index (χ4v) is 2.40. The second kappa shape index (κ2) is 29.1. The fraction of sp³-hybridized carbons (Fsp3) is 0.826. The Morgan fingerprint density at radius 3 is 2.27 bits per heavy atom. The maximum atomic E-state index is 5.30. The van der Waals surface area contributed by atoms with Crippen molar-refractivity contribution in [1.29, 1.82) is 0 Å². The Balaban J connectivity index is -0.000000344. The molecule has 0 unspecified atom stereocenters. The topological polar surface area (TPSA) is 15.7 Å². The van der Waals surface area contributed by atoms with Gasteiger partial charge in [-0.2, -0.15) is 0 Å². The average molecular weight is 371 g/mol. The van der Waals surface area contributed by atoms with Gasteiger partial charge in [0, 0.05) is 32.8 Å². The van der Waals surface area contributed by atoms with E-state index >= 15 is 0 Å². The molecule has 1 aliphatic rings. The summed E-state index contributed by atoms with van der Waals surface area (Å²) in [6.45, 7) is 27.0. The zero-order chi connectivity index (χ0) is 20.5. The highest BCUT2D eigenvalue weighted by Crippen LogP contribution is 1.98. The van der Waals surface area contributed by atoms with E-state index in [1.807, 2.05) is 33.8 Å². The number of ether oxygens (including phenoxy) is 1. The van der Waals surface area contributed by atoms with Crippen LogP contribution < -0.4 is 0 Å². The van der Waals surface area contributed by atoms with Crippen molar-refractivity contribution < 1.29 is 4.74 Å². The molecule has 1 aliphatic heterocycles. The standard InChI is InChI=1S/C11H23N.C8H15NO.2C2H6/c1-4-7-9-11-12(6-3)10-8-5-2;1-2-4-9-5-3-7-10-8-6-9;2*1-2/h4,7H,5-6,8-11H2,1-3H3;2H,1,3-8H2;2*1-2H3/b7-4-;;;. The summed E-state index contributed by atoms with van der Waals surface area (Å²) in [5.41, 5.74) is 0. The summed E-state index contributed by atoms with van der Waals surface area (Å²) in [5, 5.41) is 0. The van der Waals surface area contributed by atoms with Crippen LogP contribution in [-0.4, -0.2) is 62.3 Å². The molecular weight excluding hydrogens is 320 g/mol. The van der Waals surface area contributed by atoms with Gasteiger partial charge in [-0.15, -0.1) is 6.58 Å². The van der Waals surface area contributed by atoms with Gasteiger partial charge in [-0.05, 0) is 39.3 Å². The van der Waals surface area contributed by atoms with Crippen LogP contribution in [0.5, 0.6) is 0 Å². The van der Waals surface area contributed by atoms with Gasteiger partial charge in [0.1, 0.15) is 0 Å². The SMILES string of the molecule is C/C=C\CCN(CC)CCCC.C=CCN1CCCOCC1.CC.CC. The minimum absolute atomic E-state index is 0.883. The van der Waals surface area contributed by atoms with Gasteiger partial charge in [-0.25, -0.2) is 0 Å². The lowest BCUT2D eigenvalue weighted by molar-refractivity contribution is 0.143. The molecule has 0 aromatic carbocycles. The Hall–Kier alpha value is -0.640. The molecule has 1 rings (SSSR count). The van der Waals surface area contributed by atoms with Crippen molar-refractivity contribution in [2.45, 2.75) is 74.1 Å². The molecule has 0 spiro atoms. The van der Waals surface area contributed by atoms with Crippen LogP contribution in [0.25, 0.3) is 0 Å². The number of hydrogen-bond acceptors (Lipinski definition) is 3. The van der Waals surface area contributed by atoms with Gasteiger partial charge >= 0.3 is 0 Å². The number of unbranched alkanes of at least 4 members (excludes halogenated alkanes) is 1. The summed E-state index contributed by atoms with van der Waals surface area (Å²) in [7, 11) is 0. The van der Waals surface area contributed by atoms with Crippen molar-refractivity contribution in [3.05, 3.63) is 24.8 Å². The van der Waals surface area contributed by atoms with E-state index in [4.69, 9.17) is 4.74 Å². The second-order valence-electron chi connectivity index (χ2n) is 5.70. The minimum Gasteiger partial charge on any atom is -0.380 e. The summed E-state index contributed by atoms with van der Waals surface area (Å²) in [5.74, 6) is 0. The molecule has 3 nitrogen and oxygen atoms in total. The lowest BCUT2D eigenvalue weighted by Crippen LogP contribution is -2.26. The summed E-state index contributed by atoms with van der Waals surface area (Å²) in [6.07, 6.45) is 11.3. The number of rotatable bonds is 9. The first-order valence-electron chi connectivity index (χ1n) is 11.0. The van der Waals surface area contributed by atoms with Crippen LogP contribution in [0.15, 0.2) is 24.8 Å². The van der Waals surface area contributed by atoms with Crippen molar-refractivity contribution in [2.75, 3.05) is 52.5 Å². The third-order valence-electron chi connectivity index (χ3n) is 3.82. The van der Waals surface area contributed by atoms with Crippen LogP contribution in [-0.2, 0) is 4.74 Å². The third-order valence-corrected chi connectivity index (χ3v) is 3.82. The summed E-state index contributed by atoms with van der Waals surface area (Å²) in [6, 6.07) is 0. The van der Waals surface area contributed by atoms with E-state index < -0.39 is 0 Å². The predicted octanol–water partition coefficient (Wildman–Crippen LogP) is 6.02. The van der Waals surface area contributed by atoms with E-state index in [0.29, 0.717) is 0 Å². The molecule has 0 bridgehead atoms. The van der Waals surface area contributed by atoms with Crippen molar-refractivity contribution in [3.63, 3.8) is 0 Å². The van der Waals surface area contributed by atoms with E-state index in [-0.39, 0.29) is 0 Å². The maximum Gasteiger partial charge on any atom is 0.0593 e. The first kappa shape index (κ1) is 30.1. The number of nitrogens with zero attached hydrogens (tertiary/aromatic N) is 2. The molecule has 1 fully saturated rings. The summed E-state index contributed by atoms with van der Waals surface area (Å²) in [4.78, 5) is 4.88. The highest BCUT2D eigenvalue weighted by molar-refractivity contribution is 4.78. The summed E-state index contributed by atoms with van der Waals surface area (Å²) < 4.78 is 5.30. The van der Waals surface area contributed by atoms with Crippen LogP contribution in [0.1, 0.15) is 74.1 Å². The third kappa shape index (κ3) is 23.4. The fourth-order valence-electron chi connectivity index (χ4n) is 2.40. The molecular formula is C23H50N2O. The zero-order valence-electron chi connectivity index (χ0n) is 19.2. The lowest BCUT2D eigenvalue weighted by Gasteiger charge is -2.18. The van der Waals surface area contributed by atoms with E-state index in [9.17, 15) is 0 Å². The van der Waals surface area contributed by atoms with Crippen molar-refractivity contribution >= 4 is 0 Å². The first-order valence-corrected chi connectivity index (χ1v) is 11.0. The van der Waals surface area contributed by atoms with Gasteiger partial charge in [0.25, 0.3) is 0 Å². The molecule has 0 aliphatic carbocycles. The van der Waals surface area contributed by atoms with Crippen LogP contribution >= 0.6 is 0 Å². The van der Waals surface area contributed by atoms with Crippen molar-refractivity contribution in [1.82, 2.24) is 9.80 Å². The quantitative estimate of drug-likeness (QED) is 0.461. The van der Waals surface area contributed by atoms with Crippen molar-refractivity contribution in [2.24, 2.45) is 0 Å². The molecule has 1 saturated heterocycles. The Morgan fingerprint density at radius 2 is 1.73 bits per heavy atom. The van der Waals surface area contributed by atoms with Gasteiger partial charge in [0.2, 0.25) is 0 Å². The Labute approximate surface area is 166 Å². The predicted molar refractivity (Wildman–Crippen MR) is 121 cm³/mol. The molecule has 26 heavy (non-hydrogen) atoms. The van der Waals surface area contributed by atoms with Crippen LogP contribution in [0.4, 0.5) is 0 Å². The highest BCUT2D eigenvalue weighted by atomic mass is 16.5. The Bertz CT molecular complexity index is 259. The second-order valence-corrected chi connectivity index (χ2v) is 5.70. The van der Waals surface area contributed by atoms with Gasteiger partial charge in [0.15, 0.2) is 0 Å². The Kier molecular flexibility index (Phi) is 33.7. The molecule has 0 aromatic heterocycles. The largest absolute Gasteiger partial charge is 0.380 e. The maximum absolute atomic E-state index is 5.30. The normalized spacial score (nSPS) is 14.3. The molecule has 158 valence electrons. The molecule has 0 radical (unpaired) electrons. The monoisotopic (exact) mass is 370 g/mol. The minimum atomic E-state index is 0.883. The molecule has 0 N–H and O–H groups in total.